The molecule has 10 nitrogen and oxygen atoms in total. The molecule has 0 aliphatic carbocycles. The van der Waals surface area contributed by atoms with Gasteiger partial charge in [-0.3, -0.25) is 0 Å². The molecule has 1 rings (SSSR count). The first-order chi connectivity index (χ1) is 14.6. The highest BCUT2D eigenvalue weighted by atomic mass is 17.2. The van der Waals surface area contributed by atoms with Crippen LogP contribution in [0.4, 0.5) is 0 Å². The van der Waals surface area contributed by atoms with Gasteiger partial charge in [-0.05, 0) is 32.0 Å². The van der Waals surface area contributed by atoms with E-state index in [4.69, 9.17) is 29.1 Å². The molecule has 0 heterocycles. The monoisotopic (exact) mass is 436 g/mol. The number of aromatic carboxylic acids is 1. The van der Waals surface area contributed by atoms with Crippen LogP contribution in [0, 0.1) is 0 Å². The lowest BCUT2D eigenvalue weighted by molar-refractivity contribution is -0.291. The van der Waals surface area contributed by atoms with Crippen LogP contribution >= 0.6 is 0 Å². The molecule has 0 aromatic heterocycles. The number of benzene rings is 1. The number of rotatable bonds is 13. The third-order valence-electron chi connectivity index (χ3n) is 3.39. The lowest BCUT2D eigenvalue weighted by Crippen LogP contribution is -2.19. The van der Waals surface area contributed by atoms with Gasteiger partial charge in [-0.25, -0.2) is 29.0 Å². The van der Waals surface area contributed by atoms with E-state index >= 15 is 0 Å². The van der Waals surface area contributed by atoms with Gasteiger partial charge in [0.2, 0.25) is 0 Å². The van der Waals surface area contributed by atoms with Gasteiger partial charge >= 0.3 is 23.9 Å². The molecule has 0 fully saturated rings. The van der Waals surface area contributed by atoms with Crippen LogP contribution in [-0.4, -0.2) is 62.0 Å². The molecular formula is C21H24O10. The summed E-state index contributed by atoms with van der Waals surface area (Å²) in [6.45, 7) is 9.63. The Hall–Kier alpha value is -3.50. The second-order valence-electron chi connectivity index (χ2n) is 6.29. The summed E-state index contributed by atoms with van der Waals surface area (Å²) >= 11 is 0. The Bertz CT molecular complexity index is 856. The molecule has 0 unspecified atom stereocenters. The summed E-state index contributed by atoms with van der Waals surface area (Å²) in [4.78, 5) is 56.8. The molecule has 0 atom stereocenters. The van der Waals surface area contributed by atoms with Gasteiger partial charge in [0, 0.05) is 5.57 Å². The second kappa shape index (κ2) is 12.9. The number of carboxylic acid groups (broad SMARTS) is 1. The van der Waals surface area contributed by atoms with Gasteiger partial charge in [-0.15, -0.1) is 0 Å². The Morgan fingerprint density at radius 3 is 2.00 bits per heavy atom. The lowest BCUT2D eigenvalue weighted by atomic mass is 10.0. The molecule has 0 radical (unpaired) electrons. The van der Waals surface area contributed by atoms with E-state index in [0.29, 0.717) is 0 Å². The van der Waals surface area contributed by atoms with Gasteiger partial charge in [0.1, 0.15) is 33.0 Å². The van der Waals surface area contributed by atoms with Crippen molar-refractivity contribution in [1.29, 1.82) is 0 Å². The first kappa shape index (κ1) is 25.5. The molecule has 31 heavy (non-hydrogen) atoms. The molecule has 0 spiro atoms. The van der Waals surface area contributed by atoms with E-state index < -0.39 is 23.9 Å². The molecular weight excluding hydrogens is 412 g/mol. The van der Waals surface area contributed by atoms with Crippen LogP contribution in [-0.2, 0) is 28.8 Å². The summed E-state index contributed by atoms with van der Waals surface area (Å²) in [6, 6.07) is 3.28. The van der Waals surface area contributed by atoms with Crippen molar-refractivity contribution in [3.05, 3.63) is 59.2 Å². The number of hydrogen-bond acceptors (Lipinski definition) is 9. The van der Waals surface area contributed by atoms with E-state index in [1.807, 2.05) is 0 Å². The summed E-state index contributed by atoms with van der Waals surface area (Å²) in [6.07, 6.45) is 0. The fourth-order valence-electron chi connectivity index (χ4n) is 1.94. The van der Waals surface area contributed by atoms with Crippen LogP contribution in [0.15, 0.2) is 42.5 Å². The minimum absolute atomic E-state index is 0.0693. The zero-order valence-electron chi connectivity index (χ0n) is 17.3. The Morgan fingerprint density at radius 2 is 1.42 bits per heavy atom. The molecule has 1 aromatic carbocycles. The molecule has 0 aliphatic rings. The number of ether oxygens (including phenoxy) is 3. The highest BCUT2D eigenvalue weighted by Gasteiger charge is 2.22. The van der Waals surface area contributed by atoms with Crippen molar-refractivity contribution in [2.45, 2.75) is 13.8 Å². The van der Waals surface area contributed by atoms with Crippen LogP contribution in [0.2, 0.25) is 0 Å². The summed E-state index contributed by atoms with van der Waals surface area (Å²) in [5.74, 6) is -3.82. The fourth-order valence-corrected chi connectivity index (χ4v) is 1.94. The number of carbonyl (C=O) groups excluding carboxylic acids is 3. The van der Waals surface area contributed by atoms with Gasteiger partial charge in [0.15, 0.2) is 0 Å². The van der Waals surface area contributed by atoms with Crippen LogP contribution < -0.4 is 0 Å². The van der Waals surface area contributed by atoms with Crippen LogP contribution in [0.3, 0.4) is 0 Å². The largest absolute Gasteiger partial charge is 0.478 e. The third kappa shape index (κ3) is 9.24. The molecule has 0 saturated carbocycles. The van der Waals surface area contributed by atoms with Crippen molar-refractivity contribution in [3.63, 3.8) is 0 Å². The van der Waals surface area contributed by atoms with E-state index in [2.05, 4.69) is 13.2 Å². The van der Waals surface area contributed by atoms with E-state index in [-0.39, 0.29) is 55.3 Å². The summed E-state index contributed by atoms with van der Waals surface area (Å²) in [5.41, 5.74) is 0.189. The van der Waals surface area contributed by atoms with E-state index in [1.165, 1.54) is 6.92 Å². The number of carboxylic acids is 1. The normalized spacial score (nSPS) is 10.1. The van der Waals surface area contributed by atoms with Crippen molar-refractivity contribution in [1.82, 2.24) is 0 Å². The Labute approximate surface area is 178 Å². The summed E-state index contributed by atoms with van der Waals surface area (Å²) < 4.78 is 14.8. The minimum Gasteiger partial charge on any atom is -0.478 e. The van der Waals surface area contributed by atoms with Crippen LogP contribution in [0.25, 0.3) is 0 Å². The average Bonchev–Trinajstić information content (AvgIpc) is 2.72. The van der Waals surface area contributed by atoms with Gasteiger partial charge in [0.05, 0.1) is 16.7 Å². The quantitative estimate of drug-likeness (QED) is 0.0933. The fraction of sp³-hybridized carbons (Fsp3) is 0.333. The molecule has 10 heteroatoms. The SMILES string of the molecule is C=C(C)COOCCOC(=O)c1ccc(C(=O)O)cc1C(=O)OCCOC(=O)C(=C)C. The van der Waals surface area contributed by atoms with Crippen molar-refractivity contribution in [3.8, 4) is 0 Å². The van der Waals surface area contributed by atoms with Crippen molar-refractivity contribution < 1.29 is 48.3 Å². The van der Waals surface area contributed by atoms with Gasteiger partial charge in [0.25, 0.3) is 0 Å². The predicted octanol–water partition coefficient (Wildman–Crippen LogP) is 2.34. The predicted molar refractivity (Wildman–Crippen MR) is 106 cm³/mol. The Morgan fingerprint density at radius 1 is 0.839 bits per heavy atom. The summed E-state index contributed by atoms with van der Waals surface area (Å²) in [5, 5.41) is 9.14. The number of hydrogen-bond donors (Lipinski definition) is 1. The lowest BCUT2D eigenvalue weighted by Gasteiger charge is -2.11. The molecule has 0 aliphatic heterocycles. The molecule has 1 aromatic rings. The van der Waals surface area contributed by atoms with Crippen LogP contribution in [0.5, 0.6) is 0 Å². The maximum Gasteiger partial charge on any atom is 0.339 e. The highest BCUT2D eigenvalue weighted by molar-refractivity contribution is 6.05. The maximum absolute atomic E-state index is 12.4. The van der Waals surface area contributed by atoms with Gasteiger partial charge < -0.3 is 19.3 Å². The molecule has 168 valence electrons. The van der Waals surface area contributed by atoms with E-state index in [9.17, 15) is 19.2 Å². The Balaban J connectivity index is 2.74. The Kier molecular flexibility index (Phi) is 10.7. The van der Waals surface area contributed by atoms with Crippen LogP contribution in [0.1, 0.15) is 44.9 Å². The minimum atomic E-state index is -1.30. The van der Waals surface area contributed by atoms with Crippen molar-refractivity contribution in [2.24, 2.45) is 0 Å². The first-order valence-corrected chi connectivity index (χ1v) is 9.06. The van der Waals surface area contributed by atoms with Gasteiger partial charge in [-0.1, -0.05) is 18.7 Å². The van der Waals surface area contributed by atoms with E-state index in [1.54, 1.807) is 6.92 Å². The zero-order valence-corrected chi connectivity index (χ0v) is 17.3. The number of carbonyl (C=O) groups is 4. The molecule has 1 N–H and O–H groups in total. The van der Waals surface area contributed by atoms with Gasteiger partial charge in [-0.2, -0.15) is 0 Å². The zero-order chi connectivity index (χ0) is 23.4. The third-order valence-corrected chi connectivity index (χ3v) is 3.39. The standard InChI is InChI=1S/C21H24O10/c1-13(2)12-31-30-10-9-29-20(25)16-6-5-15(18(22)23)11-17(16)21(26)28-8-7-27-19(24)14(3)4/h5-6,11H,1,3,7-10,12H2,2,4H3,(H,22,23). The number of esters is 3. The van der Waals surface area contributed by atoms with E-state index in [0.717, 1.165) is 23.8 Å². The highest BCUT2D eigenvalue weighted by Crippen LogP contribution is 2.16. The maximum atomic E-state index is 12.4. The smallest absolute Gasteiger partial charge is 0.339 e. The molecule has 0 saturated heterocycles. The molecule has 0 bridgehead atoms. The van der Waals surface area contributed by atoms with Crippen molar-refractivity contribution in [2.75, 3.05) is 33.0 Å². The summed E-state index contributed by atoms with van der Waals surface area (Å²) in [7, 11) is 0. The van der Waals surface area contributed by atoms with Crippen molar-refractivity contribution >= 4 is 23.9 Å². The topological polar surface area (TPSA) is 135 Å². The first-order valence-electron chi connectivity index (χ1n) is 9.06. The average molecular weight is 436 g/mol. The second-order valence-corrected chi connectivity index (χ2v) is 6.29. The molecule has 0 amide bonds.